The molecule has 6 nitrogen and oxygen atoms in total. The Hall–Kier alpha value is -1.30. The summed E-state index contributed by atoms with van der Waals surface area (Å²) in [7, 11) is 0. The predicted molar refractivity (Wildman–Crippen MR) is 62.3 cm³/mol. The molecule has 16 heavy (non-hydrogen) atoms. The fourth-order valence-electron chi connectivity index (χ4n) is 1.10. The highest BCUT2D eigenvalue weighted by Gasteiger charge is 2.13. The minimum atomic E-state index is -0.558. The lowest BCUT2D eigenvalue weighted by Crippen LogP contribution is -2.78. The number of unbranched alkanes of at least 4 members (excludes halogenated alkanes) is 1. The molecule has 6 heteroatoms. The van der Waals surface area contributed by atoms with Crippen LogP contribution in [0.1, 0.15) is 32.6 Å². The lowest BCUT2D eigenvalue weighted by atomic mass is 10.2. The zero-order valence-corrected chi connectivity index (χ0v) is 9.87. The SMILES string of the molecule is CCCCOC(=O)C(N)CCC[NH+]=C(N)N. The molecule has 0 heterocycles. The normalized spacial score (nSPS) is 11.9. The summed E-state index contributed by atoms with van der Waals surface area (Å²) in [5.41, 5.74) is 16.1. The Bertz CT molecular complexity index is 227. The molecule has 0 radical (unpaired) electrons. The van der Waals surface area contributed by atoms with Crippen molar-refractivity contribution in [3.8, 4) is 0 Å². The Morgan fingerprint density at radius 3 is 2.62 bits per heavy atom. The van der Waals surface area contributed by atoms with E-state index in [1.807, 2.05) is 6.92 Å². The summed E-state index contributed by atoms with van der Waals surface area (Å²) in [6.45, 7) is 3.09. The molecule has 0 aliphatic rings. The van der Waals surface area contributed by atoms with Crippen LogP contribution < -0.4 is 22.2 Å². The molecule has 0 aliphatic heterocycles. The highest BCUT2D eigenvalue weighted by molar-refractivity contribution is 5.75. The van der Waals surface area contributed by atoms with Crippen molar-refractivity contribution in [3.63, 3.8) is 0 Å². The molecule has 0 spiro atoms. The summed E-state index contributed by atoms with van der Waals surface area (Å²) in [5, 5.41) is 0. The lowest BCUT2D eigenvalue weighted by molar-refractivity contribution is -0.459. The number of carbonyl (C=O) groups is 1. The molecule has 0 aromatic carbocycles. The number of hydrogen-bond acceptors (Lipinski definition) is 3. The minimum Gasteiger partial charge on any atom is -0.465 e. The molecule has 1 unspecified atom stereocenters. The molecule has 7 N–H and O–H groups in total. The van der Waals surface area contributed by atoms with Crippen LogP contribution in [0.15, 0.2) is 0 Å². The fraction of sp³-hybridized carbons (Fsp3) is 0.800. The first-order chi connectivity index (χ1) is 7.57. The molecule has 0 aromatic heterocycles. The van der Waals surface area contributed by atoms with E-state index in [1.165, 1.54) is 0 Å². The summed E-state index contributed by atoms with van der Waals surface area (Å²) < 4.78 is 4.98. The lowest BCUT2D eigenvalue weighted by Gasteiger charge is -2.10. The molecule has 0 saturated heterocycles. The van der Waals surface area contributed by atoms with E-state index in [0.717, 1.165) is 19.3 Å². The van der Waals surface area contributed by atoms with Crippen molar-refractivity contribution in [2.45, 2.75) is 38.6 Å². The van der Waals surface area contributed by atoms with Gasteiger partial charge in [0, 0.05) is 0 Å². The average Bonchev–Trinajstić information content (AvgIpc) is 2.24. The van der Waals surface area contributed by atoms with Gasteiger partial charge in [-0.25, -0.2) is 0 Å². The smallest absolute Gasteiger partial charge is 0.338 e. The summed E-state index contributed by atoms with van der Waals surface area (Å²) in [4.78, 5) is 14.1. The van der Waals surface area contributed by atoms with E-state index >= 15 is 0 Å². The zero-order chi connectivity index (χ0) is 12.4. The van der Waals surface area contributed by atoms with Crippen LogP contribution in [-0.4, -0.2) is 31.1 Å². The summed E-state index contributed by atoms with van der Waals surface area (Å²) in [5.74, 6) is -0.155. The van der Waals surface area contributed by atoms with Gasteiger partial charge in [-0.1, -0.05) is 13.3 Å². The second-order valence-electron chi connectivity index (χ2n) is 3.65. The van der Waals surface area contributed by atoms with E-state index in [9.17, 15) is 4.79 Å². The first-order valence-corrected chi connectivity index (χ1v) is 5.62. The van der Waals surface area contributed by atoms with Gasteiger partial charge in [0.05, 0.1) is 13.2 Å². The van der Waals surface area contributed by atoms with Gasteiger partial charge in [-0.05, 0) is 19.3 Å². The highest BCUT2D eigenvalue weighted by Crippen LogP contribution is 1.97. The van der Waals surface area contributed by atoms with Crippen molar-refractivity contribution < 1.29 is 14.5 Å². The average molecular weight is 231 g/mol. The maximum absolute atomic E-state index is 11.3. The first kappa shape index (κ1) is 14.7. The maximum atomic E-state index is 11.3. The Balaban J connectivity index is 3.59. The van der Waals surface area contributed by atoms with Crippen LogP contribution >= 0.6 is 0 Å². The van der Waals surface area contributed by atoms with Gasteiger partial charge in [-0.3, -0.25) is 21.3 Å². The van der Waals surface area contributed by atoms with Crippen LogP contribution in [-0.2, 0) is 9.53 Å². The van der Waals surface area contributed by atoms with Crippen molar-refractivity contribution >= 4 is 11.9 Å². The van der Waals surface area contributed by atoms with Gasteiger partial charge >= 0.3 is 11.9 Å². The molecule has 0 aromatic rings. The van der Waals surface area contributed by atoms with Gasteiger partial charge in [0.15, 0.2) is 0 Å². The van der Waals surface area contributed by atoms with Crippen LogP contribution in [0.3, 0.4) is 0 Å². The molecule has 1 atom stereocenters. The van der Waals surface area contributed by atoms with Crippen LogP contribution in [0, 0.1) is 0 Å². The van der Waals surface area contributed by atoms with Gasteiger partial charge in [0.25, 0.3) is 0 Å². The van der Waals surface area contributed by atoms with Gasteiger partial charge < -0.3 is 10.5 Å². The number of carbonyl (C=O) groups excluding carboxylic acids is 1. The number of esters is 1. The Labute approximate surface area is 96.2 Å². The van der Waals surface area contributed by atoms with E-state index < -0.39 is 6.04 Å². The maximum Gasteiger partial charge on any atom is 0.338 e. The summed E-state index contributed by atoms with van der Waals surface area (Å²) in [6, 6.07) is -0.558. The van der Waals surface area contributed by atoms with Gasteiger partial charge in [-0.15, -0.1) is 0 Å². The third-order valence-corrected chi connectivity index (χ3v) is 2.07. The first-order valence-electron chi connectivity index (χ1n) is 5.62. The molecule has 0 amide bonds. The number of ether oxygens (including phenoxy) is 1. The molecule has 0 rings (SSSR count). The third kappa shape index (κ3) is 8.05. The molecular formula is C10H23N4O2+. The minimum absolute atomic E-state index is 0.180. The zero-order valence-electron chi connectivity index (χ0n) is 9.87. The second kappa shape index (κ2) is 8.96. The standard InChI is InChI=1S/C10H22N4O2/c1-2-3-7-16-9(15)8(11)5-4-6-14-10(12)13/h8H,2-7,11H2,1H3,(H4,12,13,14)/p+1. The molecule has 0 saturated carbocycles. The van der Waals surface area contributed by atoms with Crippen molar-refractivity contribution in [3.05, 3.63) is 0 Å². The number of guanidine groups is 1. The molecular weight excluding hydrogens is 208 g/mol. The van der Waals surface area contributed by atoms with Crippen molar-refractivity contribution in [1.82, 2.24) is 0 Å². The van der Waals surface area contributed by atoms with E-state index in [1.54, 1.807) is 0 Å². The molecule has 0 aliphatic carbocycles. The van der Waals surface area contributed by atoms with Gasteiger partial charge in [-0.2, -0.15) is 0 Å². The number of nitrogens with one attached hydrogen (secondary N) is 1. The highest BCUT2D eigenvalue weighted by atomic mass is 16.5. The Morgan fingerprint density at radius 2 is 2.06 bits per heavy atom. The van der Waals surface area contributed by atoms with Crippen molar-refractivity contribution in [1.29, 1.82) is 0 Å². The van der Waals surface area contributed by atoms with Crippen LogP contribution in [0.2, 0.25) is 0 Å². The second-order valence-corrected chi connectivity index (χ2v) is 3.65. The third-order valence-electron chi connectivity index (χ3n) is 2.07. The topological polar surface area (TPSA) is 118 Å². The molecule has 0 bridgehead atoms. The predicted octanol–water partition coefficient (Wildman–Crippen LogP) is -2.21. The van der Waals surface area contributed by atoms with Crippen molar-refractivity contribution in [2.24, 2.45) is 17.2 Å². The summed E-state index contributed by atoms with van der Waals surface area (Å²) in [6.07, 6.45) is 3.16. The Kier molecular flexibility index (Phi) is 8.24. The van der Waals surface area contributed by atoms with E-state index in [-0.39, 0.29) is 11.9 Å². The van der Waals surface area contributed by atoms with Gasteiger partial charge in [0.2, 0.25) is 0 Å². The largest absolute Gasteiger partial charge is 0.465 e. The fourth-order valence-corrected chi connectivity index (χ4v) is 1.10. The number of rotatable bonds is 8. The summed E-state index contributed by atoms with van der Waals surface area (Å²) >= 11 is 0. The monoisotopic (exact) mass is 231 g/mol. The number of hydrogen-bond donors (Lipinski definition) is 4. The van der Waals surface area contributed by atoms with Crippen LogP contribution in [0.25, 0.3) is 0 Å². The quantitative estimate of drug-likeness (QED) is 0.163. The molecule has 0 fully saturated rings. The van der Waals surface area contributed by atoms with Gasteiger partial charge in [0.1, 0.15) is 6.04 Å². The van der Waals surface area contributed by atoms with E-state index in [4.69, 9.17) is 21.9 Å². The van der Waals surface area contributed by atoms with E-state index in [0.29, 0.717) is 19.6 Å². The van der Waals surface area contributed by atoms with Crippen LogP contribution in [0.4, 0.5) is 0 Å². The van der Waals surface area contributed by atoms with Crippen LogP contribution in [0.5, 0.6) is 0 Å². The Morgan fingerprint density at radius 1 is 1.38 bits per heavy atom. The van der Waals surface area contributed by atoms with Crippen molar-refractivity contribution in [2.75, 3.05) is 13.2 Å². The number of nitrogens with two attached hydrogens (primary N) is 3. The van der Waals surface area contributed by atoms with E-state index in [2.05, 4.69) is 4.99 Å². The molecule has 94 valence electrons.